The molecule has 2 aromatic rings. The summed E-state index contributed by atoms with van der Waals surface area (Å²) >= 11 is 0. The van der Waals surface area contributed by atoms with E-state index in [-0.39, 0.29) is 37.2 Å². The predicted molar refractivity (Wildman–Crippen MR) is 97.1 cm³/mol. The van der Waals surface area contributed by atoms with E-state index < -0.39 is 0 Å². The molecule has 0 spiro atoms. The fourth-order valence-electron chi connectivity index (χ4n) is 2.09. The highest BCUT2D eigenvalue weighted by Gasteiger charge is 2.02. The van der Waals surface area contributed by atoms with Crippen molar-refractivity contribution in [2.24, 2.45) is 0 Å². The quantitative estimate of drug-likeness (QED) is 0.784. The first kappa shape index (κ1) is 19.0. The molecule has 26 heavy (non-hydrogen) atoms. The van der Waals surface area contributed by atoms with Crippen molar-refractivity contribution in [2.45, 2.75) is 13.3 Å². The van der Waals surface area contributed by atoms with Crippen LogP contribution in [-0.4, -0.2) is 25.0 Å². The van der Waals surface area contributed by atoms with Gasteiger partial charge in [-0.25, -0.2) is 4.39 Å². The van der Waals surface area contributed by atoms with Gasteiger partial charge in [0.1, 0.15) is 18.2 Å². The van der Waals surface area contributed by atoms with Gasteiger partial charge in [0.05, 0.1) is 13.0 Å². The van der Waals surface area contributed by atoms with E-state index >= 15 is 0 Å². The minimum Gasteiger partial charge on any atom is -0.481 e. The Morgan fingerprint density at radius 1 is 1.12 bits per heavy atom. The standard InChI is InChI=1S/C20H19FN2O3/c1-15(24)23-18-5-4-6-19(14-18)26-12-3-2-11-22-20(25)13-16-7-9-17(21)10-8-16/h4-10,14H,11-13H2,1H3,(H,22,25)(H,23,24). The van der Waals surface area contributed by atoms with Crippen molar-refractivity contribution in [2.75, 3.05) is 18.5 Å². The van der Waals surface area contributed by atoms with E-state index in [2.05, 4.69) is 22.5 Å². The molecule has 0 aliphatic heterocycles. The fraction of sp³-hybridized carbons (Fsp3) is 0.200. The van der Waals surface area contributed by atoms with Gasteiger partial charge in [0.25, 0.3) is 0 Å². The van der Waals surface area contributed by atoms with Gasteiger partial charge in [-0.3, -0.25) is 9.59 Å². The van der Waals surface area contributed by atoms with Crippen LogP contribution >= 0.6 is 0 Å². The molecule has 134 valence electrons. The number of carbonyl (C=O) groups excluding carboxylic acids is 2. The molecule has 2 rings (SSSR count). The van der Waals surface area contributed by atoms with E-state index in [1.807, 2.05) is 0 Å². The molecular weight excluding hydrogens is 335 g/mol. The molecule has 0 saturated heterocycles. The summed E-state index contributed by atoms with van der Waals surface area (Å²) in [5, 5.41) is 5.33. The average Bonchev–Trinajstić information content (AvgIpc) is 2.60. The van der Waals surface area contributed by atoms with E-state index in [9.17, 15) is 14.0 Å². The molecule has 5 nitrogen and oxygen atoms in total. The molecule has 6 heteroatoms. The van der Waals surface area contributed by atoms with Crippen molar-refractivity contribution in [3.63, 3.8) is 0 Å². The van der Waals surface area contributed by atoms with Crippen LogP contribution in [0.25, 0.3) is 0 Å². The number of hydrogen-bond donors (Lipinski definition) is 2. The molecule has 2 amide bonds. The Morgan fingerprint density at radius 2 is 1.88 bits per heavy atom. The molecule has 0 aliphatic rings. The zero-order valence-electron chi connectivity index (χ0n) is 14.3. The number of nitrogens with one attached hydrogen (secondary N) is 2. The molecule has 0 radical (unpaired) electrons. The summed E-state index contributed by atoms with van der Waals surface area (Å²) in [6.45, 7) is 1.80. The second-order valence-electron chi connectivity index (χ2n) is 5.43. The molecule has 0 heterocycles. The Kier molecular flexibility index (Phi) is 7.19. The second kappa shape index (κ2) is 9.84. The van der Waals surface area contributed by atoms with E-state index in [4.69, 9.17) is 4.74 Å². The summed E-state index contributed by atoms with van der Waals surface area (Å²) < 4.78 is 18.3. The lowest BCUT2D eigenvalue weighted by molar-refractivity contribution is -0.120. The van der Waals surface area contributed by atoms with Crippen LogP contribution in [0.15, 0.2) is 48.5 Å². The van der Waals surface area contributed by atoms with Gasteiger partial charge in [0.15, 0.2) is 0 Å². The topological polar surface area (TPSA) is 67.4 Å². The zero-order valence-corrected chi connectivity index (χ0v) is 14.3. The fourth-order valence-corrected chi connectivity index (χ4v) is 2.09. The lowest BCUT2D eigenvalue weighted by Gasteiger charge is -2.05. The first-order chi connectivity index (χ1) is 12.5. The molecule has 0 aromatic heterocycles. The van der Waals surface area contributed by atoms with Crippen molar-refractivity contribution in [3.05, 3.63) is 59.9 Å². The van der Waals surface area contributed by atoms with Crippen LogP contribution in [0, 0.1) is 17.7 Å². The normalized spacial score (nSPS) is 9.62. The first-order valence-electron chi connectivity index (χ1n) is 8.00. The Morgan fingerprint density at radius 3 is 2.62 bits per heavy atom. The van der Waals surface area contributed by atoms with Crippen LogP contribution < -0.4 is 15.4 Å². The number of ether oxygens (including phenoxy) is 1. The number of hydrogen-bond acceptors (Lipinski definition) is 3. The molecule has 0 bridgehead atoms. The first-order valence-corrected chi connectivity index (χ1v) is 8.00. The number of rotatable bonds is 6. The monoisotopic (exact) mass is 354 g/mol. The SMILES string of the molecule is CC(=O)Nc1cccc(OCC#CCNC(=O)Cc2ccc(F)cc2)c1. The molecule has 2 N–H and O–H groups in total. The van der Waals surface area contributed by atoms with E-state index in [1.165, 1.54) is 19.1 Å². The van der Waals surface area contributed by atoms with Gasteiger partial charge >= 0.3 is 0 Å². The van der Waals surface area contributed by atoms with Gasteiger partial charge in [-0.2, -0.15) is 0 Å². The van der Waals surface area contributed by atoms with Crippen molar-refractivity contribution < 1.29 is 18.7 Å². The van der Waals surface area contributed by atoms with Gasteiger partial charge in [0.2, 0.25) is 11.8 Å². The summed E-state index contributed by atoms with van der Waals surface area (Å²) in [6, 6.07) is 12.8. The van der Waals surface area contributed by atoms with Gasteiger partial charge in [-0.15, -0.1) is 0 Å². The summed E-state index contributed by atoms with van der Waals surface area (Å²) in [6.07, 6.45) is 0.175. The van der Waals surface area contributed by atoms with Crippen molar-refractivity contribution in [1.29, 1.82) is 0 Å². The van der Waals surface area contributed by atoms with Crippen LogP contribution in [0.3, 0.4) is 0 Å². The minimum atomic E-state index is -0.331. The van der Waals surface area contributed by atoms with Crippen LogP contribution in [-0.2, 0) is 16.0 Å². The summed E-state index contributed by atoms with van der Waals surface area (Å²) in [5.74, 6) is 5.51. The second-order valence-corrected chi connectivity index (χ2v) is 5.43. The largest absolute Gasteiger partial charge is 0.481 e. The highest BCUT2D eigenvalue weighted by molar-refractivity contribution is 5.88. The number of amides is 2. The number of anilines is 1. The highest BCUT2D eigenvalue weighted by atomic mass is 19.1. The van der Waals surface area contributed by atoms with Gasteiger partial charge in [-0.1, -0.05) is 30.0 Å². The third-order valence-electron chi connectivity index (χ3n) is 3.24. The van der Waals surface area contributed by atoms with Crippen molar-refractivity contribution in [3.8, 4) is 17.6 Å². The summed E-state index contributed by atoms with van der Waals surface area (Å²) in [7, 11) is 0. The lowest BCUT2D eigenvalue weighted by Crippen LogP contribution is -2.25. The maximum absolute atomic E-state index is 12.8. The molecule has 0 fully saturated rings. The van der Waals surface area contributed by atoms with Gasteiger partial charge < -0.3 is 15.4 Å². The summed E-state index contributed by atoms with van der Waals surface area (Å²) in [4.78, 5) is 22.8. The Hall–Kier alpha value is -3.33. The van der Waals surface area contributed by atoms with Crippen LogP contribution in [0.1, 0.15) is 12.5 Å². The van der Waals surface area contributed by atoms with Crippen LogP contribution in [0.2, 0.25) is 0 Å². The maximum atomic E-state index is 12.8. The maximum Gasteiger partial charge on any atom is 0.225 e. The van der Waals surface area contributed by atoms with Crippen LogP contribution in [0.4, 0.5) is 10.1 Å². The van der Waals surface area contributed by atoms with E-state index in [0.717, 1.165) is 5.56 Å². The number of benzene rings is 2. The molecule has 0 atom stereocenters. The minimum absolute atomic E-state index is 0.154. The van der Waals surface area contributed by atoms with E-state index in [0.29, 0.717) is 11.4 Å². The summed E-state index contributed by atoms with van der Waals surface area (Å²) in [5.41, 5.74) is 1.38. The Bertz CT molecular complexity index is 823. The smallest absolute Gasteiger partial charge is 0.225 e. The molecule has 0 aliphatic carbocycles. The van der Waals surface area contributed by atoms with Crippen LogP contribution in [0.5, 0.6) is 5.75 Å². The number of carbonyl (C=O) groups is 2. The van der Waals surface area contributed by atoms with Crippen molar-refractivity contribution in [1.82, 2.24) is 5.32 Å². The van der Waals surface area contributed by atoms with Crippen molar-refractivity contribution >= 4 is 17.5 Å². The third-order valence-corrected chi connectivity index (χ3v) is 3.24. The highest BCUT2D eigenvalue weighted by Crippen LogP contribution is 2.16. The molecule has 0 saturated carbocycles. The lowest BCUT2D eigenvalue weighted by atomic mass is 10.1. The zero-order chi connectivity index (χ0) is 18.8. The van der Waals surface area contributed by atoms with E-state index in [1.54, 1.807) is 36.4 Å². The average molecular weight is 354 g/mol. The number of halogens is 1. The molecule has 2 aromatic carbocycles. The Labute approximate surface area is 151 Å². The predicted octanol–water partition coefficient (Wildman–Crippen LogP) is 2.53. The molecule has 0 unspecified atom stereocenters. The molecular formula is C20H19FN2O3. The van der Waals surface area contributed by atoms with Gasteiger partial charge in [0, 0.05) is 18.7 Å². The Balaban J connectivity index is 1.69. The third kappa shape index (κ3) is 7.05. The van der Waals surface area contributed by atoms with Gasteiger partial charge in [-0.05, 0) is 29.8 Å².